The number of carbonyl (C=O) groups excluding carboxylic acids is 2. The number of likely N-dealkylation sites (N-methyl/N-ethyl adjacent to an activating group) is 1. The van der Waals surface area contributed by atoms with Crippen LogP contribution in [0, 0.1) is 0 Å². The minimum atomic E-state index is -0.322. The lowest BCUT2D eigenvalue weighted by Gasteiger charge is -2.36. The summed E-state index contributed by atoms with van der Waals surface area (Å²) in [6.45, 7) is 3.02. The molecule has 0 radical (unpaired) electrons. The van der Waals surface area contributed by atoms with Crippen LogP contribution >= 0.6 is 11.6 Å². The molecule has 0 saturated carbocycles. The van der Waals surface area contributed by atoms with Crippen molar-refractivity contribution in [1.29, 1.82) is 0 Å². The molecule has 3 rings (SSSR count). The fourth-order valence-corrected chi connectivity index (χ4v) is 3.56. The molecule has 2 aromatic rings. The molecule has 7 heteroatoms. The summed E-state index contributed by atoms with van der Waals surface area (Å²) >= 11 is 6.09. The van der Waals surface area contributed by atoms with Gasteiger partial charge in [0.1, 0.15) is 11.9 Å². The van der Waals surface area contributed by atoms with E-state index in [1.54, 1.807) is 20.2 Å². The van der Waals surface area contributed by atoms with Crippen LogP contribution in [0.15, 0.2) is 48.5 Å². The van der Waals surface area contributed by atoms with Crippen molar-refractivity contribution >= 4 is 23.5 Å². The minimum Gasteiger partial charge on any atom is -0.484 e. The van der Waals surface area contributed by atoms with Gasteiger partial charge in [0.15, 0.2) is 6.61 Å². The summed E-state index contributed by atoms with van der Waals surface area (Å²) in [4.78, 5) is 27.4. The van der Waals surface area contributed by atoms with Crippen LogP contribution in [-0.4, -0.2) is 61.5 Å². The van der Waals surface area contributed by atoms with Crippen molar-refractivity contribution in [3.63, 3.8) is 0 Å². The lowest BCUT2D eigenvalue weighted by atomic mass is 10.0. The zero-order valence-corrected chi connectivity index (χ0v) is 18.3. The molecule has 0 aliphatic carbocycles. The quantitative estimate of drug-likeness (QED) is 0.630. The molecule has 160 valence electrons. The van der Waals surface area contributed by atoms with Gasteiger partial charge in [-0.05, 0) is 48.7 Å². The lowest BCUT2D eigenvalue weighted by molar-refractivity contribution is -0.160. The maximum atomic E-state index is 12.2. The van der Waals surface area contributed by atoms with E-state index in [0.717, 1.165) is 17.5 Å². The molecular weight excluding hydrogens is 404 g/mol. The van der Waals surface area contributed by atoms with Crippen LogP contribution in [0.1, 0.15) is 24.2 Å². The Morgan fingerprint density at radius 2 is 2.00 bits per heavy atom. The smallest absolute Gasteiger partial charge is 0.320 e. The van der Waals surface area contributed by atoms with Gasteiger partial charge >= 0.3 is 5.97 Å². The van der Waals surface area contributed by atoms with Crippen LogP contribution in [0.25, 0.3) is 0 Å². The van der Waals surface area contributed by atoms with Gasteiger partial charge in [-0.1, -0.05) is 35.9 Å². The second-order valence-corrected chi connectivity index (χ2v) is 8.17. The summed E-state index contributed by atoms with van der Waals surface area (Å²) < 4.78 is 11.1. The van der Waals surface area contributed by atoms with Crippen LogP contribution < -0.4 is 4.74 Å². The summed E-state index contributed by atoms with van der Waals surface area (Å²) in [5.41, 5.74) is 2.04. The maximum absolute atomic E-state index is 12.2. The first-order valence-corrected chi connectivity index (χ1v) is 10.3. The van der Waals surface area contributed by atoms with Crippen LogP contribution in [0.5, 0.6) is 5.75 Å². The van der Waals surface area contributed by atoms with E-state index in [1.807, 2.05) is 42.5 Å². The average molecular weight is 431 g/mol. The molecule has 1 fully saturated rings. The summed E-state index contributed by atoms with van der Waals surface area (Å²) in [5.74, 6) is 0.343. The highest BCUT2D eigenvalue weighted by Crippen LogP contribution is 2.27. The Morgan fingerprint density at radius 3 is 2.67 bits per heavy atom. The molecule has 0 spiro atoms. The van der Waals surface area contributed by atoms with E-state index in [-0.39, 0.29) is 37.2 Å². The second-order valence-electron chi connectivity index (χ2n) is 7.74. The van der Waals surface area contributed by atoms with E-state index in [2.05, 4.69) is 11.8 Å². The van der Waals surface area contributed by atoms with Gasteiger partial charge in [-0.15, -0.1) is 0 Å². The van der Waals surface area contributed by atoms with Gasteiger partial charge in [-0.3, -0.25) is 14.5 Å². The average Bonchev–Trinajstić information content (AvgIpc) is 2.72. The predicted molar refractivity (Wildman–Crippen MR) is 116 cm³/mol. The van der Waals surface area contributed by atoms with Crippen LogP contribution in [-0.2, 0) is 20.7 Å². The van der Waals surface area contributed by atoms with E-state index in [1.165, 1.54) is 4.90 Å². The molecule has 2 atom stereocenters. The summed E-state index contributed by atoms with van der Waals surface area (Å²) in [6, 6.07) is 15.3. The highest BCUT2D eigenvalue weighted by molar-refractivity contribution is 6.30. The molecule has 1 aliphatic rings. The van der Waals surface area contributed by atoms with Crippen molar-refractivity contribution in [2.45, 2.75) is 25.5 Å². The number of cyclic esters (lactones) is 1. The first-order valence-electron chi connectivity index (χ1n) is 9.92. The Bertz CT molecular complexity index is 885. The summed E-state index contributed by atoms with van der Waals surface area (Å²) in [6.07, 6.45) is 0.462. The van der Waals surface area contributed by atoms with Crippen LogP contribution in [0.4, 0.5) is 0 Å². The number of hydrogen-bond donors (Lipinski definition) is 0. The molecule has 1 saturated heterocycles. The van der Waals surface area contributed by atoms with Crippen molar-refractivity contribution in [3.05, 3.63) is 64.7 Å². The van der Waals surface area contributed by atoms with Crippen molar-refractivity contribution < 1.29 is 19.1 Å². The lowest BCUT2D eigenvalue weighted by Crippen LogP contribution is -2.46. The van der Waals surface area contributed by atoms with Gasteiger partial charge in [-0.2, -0.15) is 0 Å². The molecular formula is C23H27ClN2O4. The number of rotatable bonds is 7. The summed E-state index contributed by atoms with van der Waals surface area (Å²) in [5, 5.41) is 0.628. The topological polar surface area (TPSA) is 59.1 Å². The van der Waals surface area contributed by atoms with Gasteiger partial charge in [0.2, 0.25) is 0 Å². The number of amides is 1. The zero-order valence-electron chi connectivity index (χ0n) is 17.5. The highest BCUT2D eigenvalue weighted by atomic mass is 35.5. The Balaban J connectivity index is 1.58. The molecule has 0 aromatic heterocycles. The fraction of sp³-hybridized carbons (Fsp3) is 0.391. The molecule has 6 nitrogen and oxygen atoms in total. The van der Waals surface area contributed by atoms with Gasteiger partial charge in [-0.25, -0.2) is 0 Å². The second kappa shape index (κ2) is 9.96. The van der Waals surface area contributed by atoms with Gasteiger partial charge in [0, 0.05) is 31.7 Å². The summed E-state index contributed by atoms with van der Waals surface area (Å²) in [7, 11) is 3.40. The zero-order chi connectivity index (χ0) is 21.7. The number of carbonyl (C=O) groups is 2. The van der Waals surface area contributed by atoms with E-state index in [0.29, 0.717) is 17.3 Å². The number of benzene rings is 2. The fourth-order valence-electron chi connectivity index (χ4n) is 3.36. The Morgan fingerprint density at radius 1 is 1.27 bits per heavy atom. The monoisotopic (exact) mass is 430 g/mol. The Labute approximate surface area is 182 Å². The number of hydrogen-bond acceptors (Lipinski definition) is 5. The van der Waals surface area contributed by atoms with Crippen molar-refractivity contribution in [2.24, 2.45) is 0 Å². The standard InChI is InChI=1S/C23H27ClN2O4/c1-16(11-17-7-9-20(10-8-17)29-15-22(27)25(2)3)26-13-21(30-23(28)14-26)18-5-4-6-19(24)12-18/h4-10,12,16,21H,11,13-15H2,1-3H3. The maximum Gasteiger partial charge on any atom is 0.320 e. The van der Waals surface area contributed by atoms with Crippen molar-refractivity contribution in [2.75, 3.05) is 33.8 Å². The first-order chi connectivity index (χ1) is 14.3. The van der Waals surface area contributed by atoms with E-state index in [4.69, 9.17) is 21.1 Å². The van der Waals surface area contributed by atoms with Crippen LogP contribution in [0.3, 0.4) is 0 Å². The van der Waals surface area contributed by atoms with Crippen molar-refractivity contribution in [3.8, 4) is 5.75 Å². The number of nitrogens with zero attached hydrogens (tertiary/aromatic N) is 2. The van der Waals surface area contributed by atoms with Crippen molar-refractivity contribution in [1.82, 2.24) is 9.80 Å². The molecule has 2 unspecified atom stereocenters. The molecule has 1 amide bonds. The van der Waals surface area contributed by atoms with Gasteiger partial charge < -0.3 is 14.4 Å². The molecule has 0 bridgehead atoms. The molecule has 1 heterocycles. The number of halogens is 1. The molecule has 1 aliphatic heterocycles. The number of ether oxygens (including phenoxy) is 2. The van der Waals surface area contributed by atoms with Crippen LogP contribution in [0.2, 0.25) is 5.02 Å². The van der Waals surface area contributed by atoms with Gasteiger partial charge in [0.05, 0.1) is 6.54 Å². The van der Waals surface area contributed by atoms with Gasteiger partial charge in [0.25, 0.3) is 5.91 Å². The third-order valence-corrected chi connectivity index (χ3v) is 5.40. The molecule has 30 heavy (non-hydrogen) atoms. The van der Waals surface area contributed by atoms with E-state index < -0.39 is 0 Å². The largest absolute Gasteiger partial charge is 0.484 e. The molecule has 0 N–H and O–H groups in total. The SMILES string of the molecule is CC(Cc1ccc(OCC(=O)N(C)C)cc1)N1CC(=O)OC(c2cccc(Cl)c2)C1. The Hall–Kier alpha value is -2.57. The minimum absolute atomic E-state index is 0.0174. The third-order valence-electron chi connectivity index (χ3n) is 5.17. The number of esters is 1. The first kappa shape index (κ1) is 22.1. The third kappa shape index (κ3) is 5.97. The Kier molecular flexibility index (Phi) is 7.34. The van der Waals surface area contributed by atoms with E-state index in [9.17, 15) is 9.59 Å². The molecule has 2 aromatic carbocycles. The normalized spacial score (nSPS) is 17.9. The van der Waals surface area contributed by atoms with E-state index >= 15 is 0 Å². The highest BCUT2D eigenvalue weighted by Gasteiger charge is 2.30. The number of morpholine rings is 1. The predicted octanol–water partition coefficient (Wildman–Crippen LogP) is 3.34.